The van der Waals surface area contributed by atoms with Crippen LogP contribution in [0.3, 0.4) is 0 Å². The standard InChI is InChI=1S/C11H11NO5/c1-8(13)17-11-9(6-7-12(14)15)4-3-5-10(11)16-2/h3-7H,1-2H3. The Morgan fingerprint density at radius 3 is 2.71 bits per heavy atom. The second-order valence-electron chi connectivity index (χ2n) is 3.07. The van der Waals surface area contributed by atoms with E-state index in [9.17, 15) is 14.9 Å². The predicted octanol–water partition coefficient (Wildman–Crippen LogP) is 1.87. The summed E-state index contributed by atoms with van der Waals surface area (Å²) in [5, 5.41) is 10.2. The Hall–Kier alpha value is -2.37. The molecule has 0 fully saturated rings. The van der Waals surface area contributed by atoms with Gasteiger partial charge in [0, 0.05) is 18.6 Å². The monoisotopic (exact) mass is 237 g/mol. The molecule has 1 aromatic rings. The molecule has 6 heteroatoms. The fraction of sp³-hybridized carbons (Fsp3) is 0.182. The fourth-order valence-corrected chi connectivity index (χ4v) is 1.22. The van der Waals surface area contributed by atoms with Crippen LogP contribution in [0.15, 0.2) is 24.4 Å². The van der Waals surface area contributed by atoms with Gasteiger partial charge >= 0.3 is 5.97 Å². The Bertz CT molecular complexity index is 467. The Morgan fingerprint density at radius 1 is 1.47 bits per heavy atom. The molecule has 0 aliphatic carbocycles. The minimum Gasteiger partial charge on any atom is -0.493 e. The molecule has 0 aromatic heterocycles. The lowest BCUT2D eigenvalue weighted by atomic mass is 10.2. The molecule has 6 nitrogen and oxygen atoms in total. The highest BCUT2D eigenvalue weighted by Crippen LogP contribution is 2.32. The summed E-state index contributed by atoms with van der Waals surface area (Å²) in [6, 6.07) is 4.83. The minimum atomic E-state index is -0.600. The van der Waals surface area contributed by atoms with Crippen LogP contribution in [0.5, 0.6) is 11.5 Å². The maximum absolute atomic E-state index is 10.9. The molecule has 0 amide bonds. The van der Waals surface area contributed by atoms with Gasteiger partial charge in [-0.3, -0.25) is 14.9 Å². The Balaban J connectivity index is 3.18. The summed E-state index contributed by atoms with van der Waals surface area (Å²) in [4.78, 5) is 20.6. The van der Waals surface area contributed by atoms with Crippen LogP contribution >= 0.6 is 0 Å². The average Bonchev–Trinajstić information content (AvgIpc) is 2.26. The first-order valence-corrected chi connectivity index (χ1v) is 4.71. The number of benzene rings is 1. The van der Waals surface area contributed by atoms with E-state index in [1.165, 1.54) is 20.1 Å². The molecule has 1 aromatic carbocycles. The van der Waals surface area contributed by atoms with Crippen LogP contribution in [-0.2, 0) is 4.79 Å². The molecule has 0 bridgehead atoms. The summed E-state index contributed by atoms with van der Waals surface area (Å²) in [5.41, 5.74) is 0.399. The molecule has 0 radical (unpaired) electrons. The van der Waals surface area contributed by atoms with Gasteiger partial charge in [-0.15, -0.1) is 0 Å². The summed E-state index contributed by atoms with van der Waals surface area (Å²) >= 11 is 0. The van der Waals surface area contributed by atoms with Gasteiger partial charge < -0.3 is 9.47 Å². The zero-order valence-electron chi connectivity index (χ0n) is 9.38. The zero-order chi connectivity index (χ0) is 12.8. The van der Waals surface area contributed by atoms with Crippen LogP contribution in [0.2, 0.25) is 0 Å². The second kappa shape index (κ2) is 5.64. The van der Waals surface area contributed by atoms with Crippen molar-refractivity contribution < 1.29 is 19.2 Å². The Labute approximate surface area is 97.6 Å². The average molecular weight is 237 g/mol. The molecule has 0 heterocycles. The van der Waals surface area contributed by atoms with E-state index in [1.54, 1.807) is 18.2 Å². The molecule has 0 aliphatic rings. The normalized spacial score (nSPS) is 10.2. The first-order chi connectivity index (χ1) is 8.04. The number of ether oxygens (including phenoxy) is 2. The van der Waals surface area contributed by atoms with Crippen molar-refractivity contribution in [1.29, 1.82) is 0 Å². The smallest absolute Gasteiger partial charge is 0.308 e. The van der Waals surface area contributed by atoms with Gasteiger partial charge in [-0.1, -0.05) is 12.1 Å². The number of esters is 1. The van der Waals surface area contributed by atoms with Crippen molar-refractivity contribution in [3.05, 3.63) is 40.1 Å². The van der Waals surface area contributed by atoms with Crippen LogP contribution in [0.25, 0.3) is 6.08 Å². The number of nitro groups is 1. The second-order valence-corrected chi connectivity index (χ2v) is 3.07. The molecule has 90 valence electrons. The quantitative estimate of drug-likeness (QED) is 0.345. The highest BCUT2D eigenvalue weighted by atomic mass is 16.6. The molecule has 17 heavy (non-hydrogen) atoms. The van der Waals surface area contributed by atoms with Crippen LogP contribution < -0.4 is 9.47 Å². The molecule has 0 aliphatic heterocycles. The van der Waals surface area contributed by atoms with Gasteiger partial charge in [-0.2, -0.15) is 0 Å². The van der Waals surface area contributed by atoms with Crippen LogP contribution in [0.1, 0.15) is 12.5 Å². The molecular weight excluding hydrogens is 226 g/mol. The minimum absolute atomic E-state index is 0.167. The molecule has 0 unspecified atom stereocenters. The lowest BCUT2D eigenvalue weighted by molar-refractivity contribution is -0.400. The summed E-state index contributed by atoms with van der Waals surface area (Å²) in [6.07, 6.45) is 2.00. The number of methoxy groups -OCH3 is 1. The van der Waals surface area contributed by atoms with Crippen LogP contribution in [-0.4, -0.2) is 18.0 Å². The molecule has 1 rings (SSSR count). The van der Waals surface area contributed by atoms with Gasteiger partial charge in [0.25, 0.3) is 0 Å². The zero-order valence-corrected chi connectivity index (χ0v) is 9.38. The highest BCUT2D eigenvalue weighted by molar-refractivity contribution is 5.73. The van der Waals surface area contributed by atoms with Crippen LogP contribution in [0, 0.1) is 10.1 Å². The maximum Gasteiger partial charge on any atom is 0.308 e. The Morgan fingerprint density at radius 2 is 2.18 bits per heavy atom. The third-order valence-electron chi connectivity index (χ3n) is 1.85. The van der Waals surface area contributed by atoms with Gasteiger partial charge in [0.1, 0.15) is 0 Å². The lowest BCUT2D eigenvalue weighted by Crippen LogP contribution is -2.04. The summed E-state index contributed by atoms with van der Waals surface area (Å²) < 4.78 is 9.97. The summed E-state index contributed by atoms with van der Waals surface area (Å²) in [5.74, 6) is -0.0171. The number of rotatable bonds is 4. The van der Waals surface area contributed by atoms with Crippen molar-refractivity contribution in [2.24, 2.45) is 0 Å². The molecular formula is C11H11NO5. The number of carbonyl (C=O) groups is 1. The van der Waals surface area contributed by atoms with Gasteiger partial charge in [-0.05, 0) is 6.07 Å². The fourth-order valence-electron chi connectivity index (χ4n) is 1.22. The third kappa shape index (κ3) is 3.60. The molecule has 0 atom stereocenters. The van der Waals surface area contributed by atoms with Crippen molar-refractivity contribution in [3.8, 4) is 11.5 Å². The third-order valence-corrected chi connectivity index (χ3v) is 1.85. The van der Waals surface area contributed by atoms with E-state index in [0.29, 0.717) is 11.3 Å². The van der Waals surface area contributed by atoms with E-state index in [0.717, 1.165) is 6.20 Å². The van der Waals surface area contributed by atoms with Crippen molar-refractivity contribution in [3.63, 3.8) is 0 Å². The molecule has 0 saturated heterocycles. The maximum atomic E-state index is 10.9. The van der Waals surface area contributed by atoms with Crippen LogP contribution in [0.4, 0.5) is 0 Å². The molecule has 0 N–H and O–H groups in total. The summed E-state index contributed by atoms with van der Waals surface area (Å²) in [7, 11) is 1.42. The predicted molar refractivity (Wildman–Crippen MR) is 60.3 cm³/mol. The van der Waals surface area contributed by atoms with Crippen molar-refractivity contribution >= 4 is 12.0 Å². The highest BCUT2D eigenvalue weighted by Gasteiger charge is 2.11. The lowest BCUT2D eigenvalue weighted by Gasteiger charge is -2.09. The molecule has 0 spiro atoms. The first kappa shape index (κ1) is 12.7. The van der Waals surface area contributed by atoms with Crippen molar-refractivity contribution in [2.45, 2.75) is 6.92 Å². The SMILES string of the molecule is COc1cccc(C=C[N+](=O)[O-])c1OC(C)=O. The largest absolute Gasteiger partial charge is 0.493 e. The van der Waals surface area contributed by atoms with E-state index < -0.39 is 10.9 Å². The number of hydrogen-bond acceptors (Lipinski definition) is 5. The number of para-hydroxylation sites is 1. The van der Waals surface area contributed by atoms with E-state index in [4.69, 9.17) is 9.47 Å². The van der Waals surface area contributed by atoms with E-state index >= 15 is 0 Å². The van der Waals surface area contributed by atoms with Crippen molar-refractivity contribution in [2.75, 3.05) is 7.11 Å². The van der Waals surface area contributed by atoms with E-state index in [-0.39, 0.29) is 5.75 Å². The molecule has 0 saturated carbocycles. The van der Waals surface area contributed by atoms with E-state index in [1.807, 2.05) is 0 Å². The van der Waals surface area contributed by atoms with E-state index in [2.05, 4.69) is 0 Å². The summed E-state index contributed by atoms with van der Waals surface area (Å²) in [6.45, 7) is 1.24. The van der Waals surface area contributed by atoms with Crippen molar-refractivity contribution in [1.82, 2.24) is 0 Å². The topological polar surface area (TPSA) is 78.7 Å². The number of carbonyl (C=O) groups excluding carboxylic acids is 1. The van der Waals surface area contributed by atoms with Gasteiger partial charge in [-0.25, -0.2) is 0 Å². The Kier molecular flexibility index (Phi) is 4.21. The first-order valence-electron chi connectivity index (χ1n) is 4.71. The van der Waals surface area contributed by atoms with Gasteiger partial charge in [0.15, 0.2) is 11.5 Å². The number of nitrogens with zero attached hydrogens (tertiary/aromatic N) is 1. The number of hydrogen-bond donors (Lipinski definition) is 0. The van der Waals surface area contributed by atoms with Gasteiger partial charge in [0.05, 0.1) is 12.0 Å². The van der Waals surface area contributed by atoms with Gasteiger partial charge in [0.2, 0.25) is 6.20 Å².